The van der Waals surface area contributed by atoms with Crippen LogP contribution < -0.4 is 5.32 Å². The van der Waals surface area contributed by atoms with E-state index in [2.05, 4.69) is 21.2 Å². The molecule has 0 aliphatic carbocycles. The van der Waals surface area contributed by atoms with Crippen molar-refractivity contribution in [3.05, 3.63) is 34.3 Å². The molecule has 1 aliphatic heterocycles. The predicted molar refractivity (Wildman–Crippen MR) is 73.6 cm³/mol. The molecule has 2 rings (SSSR count). The van der Waals surface area contributed by atoms with E-state index in [1.54, 1.807) is 7.11 Å². The Bertz CT molecular complexity index is 493. The maximum absolute atomic E-state index is 12.2. The minimum Gasteiger partial charge on any atom is -0.385 e. The fourth-order valence-electron chi connectivity index (χ4n) is 2.02. The first-order chi connectivity index (χ1) is 9.15. The average molecular weight is 327 g/mol. The zero-order chi connectivity index (χ0) is 13.8. The zero-order valence-corrected chi connectivity index (χ0v) is 12.1. The molecule has 0 aromatic heterocycles. The quantitative estimate of drug-likeness (QED) is 0.665. The zero-order valence-electron chi connectivity index (χ0n) is 10.6. The number of carbonyl (C=O) groups is 2. The van der Waals surface area contributed by atoms with Crippen LogP contribution in [0.4, 0.5) is 4.79 Å². The lowest BCUT2D eigenvalue weighted by atomic mass is 10.1. The van der Waals surface area contributed by atoms with Crippen LogP contribution in [0.15, 0.2) is 28.7 Å². The first-order valence-corrected chi connectivity index (χ1v) is 6.79. The normalized spacial score (nSPS) is 18.8. The first kappa shape index (κ1) is 14.0. The lowest BCUT2D eigenvalue weighted by Gasteiger charge is -2.13. The van der Waals surface area contributed by atoms with Crippen LogP contribution in [0.25, 0.3) is 0 Å². The SMILES string of the molecule is COCCCN1C(=O)N[C@@H](c2ccccc2Br)C1=O. The molecule has 0 bridgehead atoms. The molecular weight excluding hydrogens is 312 g/mol. The standard InChI is InChI=1S/C13H15BrN2O3/c1-19-8-4-7-16-12(17)11(15-13(16)18)9-5-2-3-6-10(9)14/h2-3,5-6,11H,4,7-8H2,1H3,(H,15,18)/t11-/m0/s1. The summed E-state index contributed by atoms with van der Waals surface area (Å²) in [6, 6.07) is 6.43. The van der Waals surface area contributed by atoms with Gasteiger partial charge in [-0.05, 0) is 18.1 Å². The van der Waals surface area contributed by atoms with Crippen LogP contribution in [-0.2, 0) is 9.53 Å². The van der Waals surface area contributed by atoms with Gasteiger partial charge >= 0.3 is 6.03 Å². The van der Waals surface area contributed by atoms with Gasteiger partial charge in [-0.3, -0.25) is 9.69 Å². The van der Waals surface area contributed by atoms with E-state index in [0.717, 1.165) is 10.0 Å². The molecule has 102 valence electrons. The fourth-order valence-corrected chi connectivity index (χ4v) is 2.53. The van der Waals surface area contributed by atoms with Gasteiger partial charge in [0.25, 0.3) is 5.91 Å². The number of urea groups is 1. The van der Waals surface area contributed by atoms with Crippen molar-refractivity contribution >= 4 is 27.9 Å². The summed E-state index contributed by atoms with van der Waals surface area (Å²) in [4.78, 5) is 25.3. The molecule has 1 fully saturated rings. The molecule has 0 saturated carbocycles. The molecule has 0 unspecified atom stereocenters. The fraction of sp³-hybridized carbons (Fsp3) is 0.385. The van der Waals surface area contributed by atoms with E-state index in [1.165, 1.54) is 4.90 Å². The Kier molecular flexibility index (Phi) is 4.55. The van der Waals surface area contributed by atoms with Crippen molar-refractivity contribution in [2.75, 3.05) is 20.3 Å². The number of halogens is 1. The summed E-state index contributed by atoms with van der Waals surface area (Å²) in [6.45, 7) is 0.899. The Balaban J connectivity index is 2.12. The molecule has 1 N–H and O–H groups in total. The highest BCUT2D eigenvalue weighted by Crippen LogP contribution is 2.28. The van der Waals surface area contributed by atoms with E-state index in [-0.39, 0.29) is 11.9 Å². The second-order valence-corrected chi connectivity index (χ2v) is 5.09. The molecule has 1 atom stereocenters. The summed E-state index contributed by atoms with van der Waals surface area (Å²) in [5.74, 6) is -0.215. The van der Waals surface area contributed by atoms with Crippen LogP contribution in [0, 0.1) is 0 Å². The molecule has 1 aromatic rings. The van der Waals surface area contributed by atoms with Gasteiger partial charge in [0.1, 0.15) is 6.04 Å². The summed E-state index contributed by atoms with van der Waals surface area (Å²) >= 11 is 3.40. The molecule has 1 aliphatic rings. The molecule has 6 heteroatoms. The van der Waals surface area contributed by atoms with Gasteiger partial charge in [-0.25, -0.2) is 4.79 Å². The summed E-state index contributed by atoms with van der Waals surface area (Å²) in [5.41, 5.74) is 0.773. The van der Waals surface area contributed by atoms with Gasteiger partial charge < -0.3 is 10.1 Å². The smallest absolute Gasteiger partial charge is 0.325 e. The summed E-state index contributed by atoms with van der Waals surface area (Å²) in [7, 11) is 1.59. The van der Waals surface area contributed by atoms with E-state index < -0.39 is 6.04 Å². The third kappa shape index (κ3) is 2.96. The number of nitrogens with zero attached hydrogens (tertiary/aromatic N) is 1. The van der Waals surface area contributed by atoms with Gasteiger partial charge in [0.15, 0.2) is 0 Å². The van der Waals surface area contributed by atoms with Gasteiger partial charge in [-0.2, -0.15) is 0 Å². The largest absolute Gasteiger partial charge is 0.385 e. The Morgan fingerprint density at radius 3 is 2.79 bits per heavy atom. The molecule has 19 heavy (non-hydrogen) atoms. The van der Waals surface area contributed by atoms with Crippen molar-refractivity contribution < 1.29 is 14.3 Å². The molecule has 3 amide bonds. The number of rotatable bonds is 5. The topological polar surface area (TPSA) is 58.6 Å². The predicted octanol–water partition coefficient (Wildman–Crippen LogP) is 2.08. The van der Waals surface area contributed by atoms with Crippen molar-refractivity contribution in [3.8, 4) is 0 Å². The lowest BCUT2D eigenvalue weighted by Crippen LogP contribution is -2.32. The molecule has 1 heterocycles. The second-order valence-electron chi connectivity index (χ2n) is 4.24. The number of methoxy groups -OCH3 is 1. The van der Waals surface area contributed by atoms with Crippen molar-refractivity contribution in [1.29, 1.82) is 0 Å². The Morgan fingerprint density at radius 2 is 2.11 bits per heavy atom. The van der Waals surface area contributed by atoms with Crippen molar-refractivity contribution in [2.45, 2.75) is 12.5 Å². The number of benzene rings is 1. The van der Waals surface area contributed by atoms with Crippen molar-refractivity contribution in [2.24, 2.45) is 0 Å². The van der Waals surface area contributed by atoms with Crippen LogP contribution in [-0.4, -0.2) is 37.1 Å². The van der Waals surface area contributed by atoms with E-state index in [1.807, 2.05) is 24.3 Å². The molecule has 0 radical (unpaired) electrons. The van der Waals surface area contributed by atoms with Gasteiger partial charge in [-0.1, -0.05) is 34.1 Å². The number of ether oxygens (including phenoxy) is 1. The monoisotopic (exact) mass is 326 g/mol. The van der Waals surface area contributed by atoms with Gasteiger partial charge in [0, 0.05) is 24.7 Å². The molecule has 5 nitrogen and oxygen atoms in total. The van der Waals surface area contributed by atoms with Gasteiger partial charge in [-0.15, -0.1) is 0 Å². The average Bonchev–Trinajstić information content (AvgIpc) is 2.67. The maximum Gasteiger partial charge on any atom is 0.325 e. The summed E-state index contributed by atoms with van der Waals surface area (Å²) < 4.78 is 5.74. The van der Waals surface area contributed by atoms with E-state index in [0.29, 0.717) is 19.6 Å². The van der Waals surface area contributed by atoms with Crippen molar-refractivity contribution in [1.82, 2.24) is 10.2 Å². The van der Waals surface area contributed by atoms with E-state index in [4.69, 9.17) is 4.74 Å². The number of imide groups is 1. The lowest BCUT2D eigenvalue weighted by molar-refractivity contribution is -0.127. The highest BCUT2D eigenvalue weighted by Gasteiger charge is 2.39. The molecule has 1 saturated heterocycles. The number of nitrogens with one attached hydrogen (secondary N) is 1. The Hall–Kier alpha value is -1.40. The number of hydrogen-bond acceptors (Lipinski definition) is 3. The van der Waals surface area contributed by atoms with Gasteiger partial charge in [0.05, 0.1) is 0 Å². The summed E-state index contributed by atoms with van der Waals surface area (Å²) in [6.07, 6.45) is 0.637. The van der Waals surface area contributed by atoms with Crippen LogP contribution in [0.3, 0.4) is 0 Å². The van der Waals surface area contributed by atoms with Gasteiger partial charge in [0.2, 0.25) is 0 Å². The van der Waals surface area contributed by atoms with Crippen LogP contribution in [0.2, 0.25) is 0 Å². The third-order valence-electron chi connectivity index (χ3n) is 2.97. The van der Waals surface area contributed by atoms with Crippen LogP contribution >= 0.6 is 15.9 Å². The Labute approximate surface area is 120 Å². The minimum absolute atomic E-state index is 0.215. The molecular formula is C13H15BrN2O3. The van der Waals surface area contributed by atoms with E-state index >= 15 is 0 Å². The third-order valence-corrected chi connectivity index (χ3v) is 3.69. The highest BCUT2D eigenvalue weighted by molar-refractivity contribution is 9.10. The Morgan fingerprint density at radius 1 is 1.37 bits per heavy atom. The maximum atomic E-state index is 12.2. The number of amides is 3. The number of hydrogen-bond donors (Lipinski definition) is 1. The van der Waals surface area contributed by atoms with Crippen LogP contribution in [0.5, 0.6) is 0 Å². The molecule has 1 aromatic carbocycles. The first-order valence-electron chi connectivity index (χ1n) is 6.00. The van der Waals surface area contributed by atoms with E-state index in [9.17, 15) is 9.59 Å². The highest BCUT2D eigenvalue weighted by atomic mass is 79.9. The minimum atomic E-state index is -0.606. The van der Waals surface area contributed by atoms with Crippen LogP contribution in [0.1, 0.15) is 18.0 Å². The molecule has 0 spiro atoms. The van der Waals surface area contributed by atoms with Crippen molar-refractivity contribution in [3.63, 3.8) is 0 Å². The number of carbonyl (C=O) groups excluding carboxylic acids is 2. The second kappa shape index (κ2) is 6.16. The summed E-state index contributed by atoms with van der Waals surface area (Å²) in [5, 5.41) is 2.70.